The summed E-state index contributed by atoms with van der Waals surface area (Å²) < 4.78 is 0. The molecule has 0 unspecified atom stereocenters. The number of allylic oxidation sites excluding steroid dienone is 4. The van der Waals surface area contributed by atoms with E-state index in [1.54, 1.807) is 0 Å². The molecule has 2 aliphatic heterocycles. The number of carbonyl (C=O) groups excluding carboxylic acids is 2. The maximum atomic E-state index is 13.3. The highest BCUT2D eigenvalue weighted by atomic mass is 16.2. The van der Waals surface area contributed by atoms with Crippen LogP contribution in [0.2, 0.25) is 0 Å². The monoisotopic (exact) mass is 490 g/mol. The van der Waals surface area contributed by atoms with Crippen LogP contribution in [0.4, 0.5) is 0 Å². The van der Waals surface area contributed by atoms with Crippen molar-refractivity contribution in [2.45, 2.75) is 109 Å². The predicted molar refractivity (Wildman–Crippen MR) is 149 cm³/mol. The molecule has 3 aliphatic rings. The molecule has 0 N–H and O–H groups in total. The van der Waals surface area contributed by atoms with E-state index < -0.39 is 0 Å². The molecule has 196 valence electrons. The van der Waals surface area contributed by atoms with Crippen LogP contribution in [0.1, 0.15) is 98.1 Å². The average molecular weight is 491 g/mol. The van der Waals surface area contributed by atoms with Gasteiger partial charge in [-0.3, -0.25) is 19.4 Å². The van der Waals surface area contributed by atoms with E-state index in [9.17, 15) is 9.59 Å². The SMILES string of the molecule is CN1C(C)(C)CC(C2=CC=C(c3ccc(C4CC(C)(C)N(C)C(C)(C)C4)cc3)C(=O)C2=O)CC1(C)C. The lowest BCUT2D eigenvalue weighted by Gasteiger charge is -2.54. The quantitative estimate of drug-likeness (QED) is 0.362. The van der Waals surface area contributed by atoms with Crippen molar-refractivity contribution in [2.75, 3.05) is 14.1 Å². The van der Waals surface area contributed by atoms with E-state index in [0.717, 1.165) is 31.2 Å². The van der Waals surface area contributed by atoms with Crippen LogP contribution in [0.3, 0.4) is 0 Å². The van der Waals surface area contributed by atoms with E-state index >= 15 is 0 Å². The van der Waals surface area contributed by atoms with Crippen molar-refractivity contribution in [3.63, 3.8) is 0 Å². The topological polar surface area (TPSA) is 40.6 Å². The molecule has 4 rings (SSSR count). The standard InChI is InChI=1S/C32H46N2O2/c1-29(2)17-23(18-30(3,4)33(29)9)21-11-13-22(14-12-21)25-15-16-26(28(36)27(25)35)24-19-31(5,6)34(10)32(7,8)20-24/h11-16,23-24H,17-20H2,1-10H3. The second kappa shape index (κ2) is 8.77. The average Bonchev–Trinajstić information content (AvgIpc) is 2.77. The van der Waals surface area contributed by atoms with Crippen LogP contribution >= 0.6 is 0 Å². The van der Waals surface area contributed by atoms with Crippen LogP contribution in [0.25, 0.3) is 5.57 Å². The number of carbonyl (C=O) groups is 2. The van der Waals surface area contributed by atoms with Gasteiger partial charge in [-0.2, -0.15) is 0 Å². The molecule has 2 fully saturated rings. The number of ketones is 2. The smallest absolute Gasteiger partial charge is 0.233 e. The van der Waals surface area contributed by atoms with Gasteiger partial charge in [-0.1, -0.05) is 30.3 Å². The molecule has 2 heterocycles. The Morgan fingerprint density at radius 2 is 1.03 bits per heavy atom. The first-order valence-electron chi connectivity index (χ1n) is 13.6. The lowest BCUT2D eigenvalue weighted by Crippen LogP contribution is -2.59. The number of Topliss-reactive ketones (excluding diaryl/α,β-unsaturated/α-hetero) is 2. The summed E-state index contributed by atoms with van der Waals surface area (Å²) in [7, 11) is 4.39. The van der Waals surface area contributed by atoms with Gasteiger partial charge in [-0.25, -0.2) is 0 Å². The molecule has 1 aromatic rings. The first-order valence-corrected chi connectivity index (χ1v) is 13.6. The lowest BCUT2D eigenvalue weighted by molar-refractivity contribution is -0.131. The third-order valence-corrected chi connectivity index (χ3v) is 9.89. The van der Waals surface area contributed by atoms with Crippen molar-refractivity contribution in [3.05, 3.63) is 53.1 Å². The summed E-state index contributed by atoms with van der Waals surface area (Å²) >= 11 is 0. The van der Waals surface area contributed by atoms with Gasteiger partial charge in [0.25, 0.3) is 0 Å². The van der Waals surface area contributed by atoms with Crippen LogP contribution < -0.4 is 0 Å². The number of rotatable bonds is 3. The number of benzene rings is 1. The molecule has 1 aliphatic carbocycles. The molecule has 0 atom stereocenters. The minimum Gasteiger partial charge on any atom is -0.296 e. The summed E-state index contributed by atoms with van der Waals surface area (Å²) in [6.07, 6.45) is 7.76. The van der Waals surface area contributed by atoms with E-state index in [-0.39, 0.29) is 39.6 Å². The number of nitrogens with zero attached hydrogens (tertiary/aromatic N) is 2. The summed E-state index contributed by atoms with van der Waals surface area (Å²) in [5, 5.41) is 0. The fourth-order valence-electron chi connectivity index (χ4n) is 7.26. The lowest BCUT2D eigenvalue weighted by atomic mass is 9.69. The minimum atomic E-state index is -0.364. The highest BCUT2D eigenvalue weighted by Crippen LogP contribution is 2.46. The van der Waals surface area contributed by atoms with Crippen molar-refractivity contribution < 1.29 is 9.59 Å². The van der Waals surface area contributed by atoms with E-state index in [2.05, 4.69) is 91.4 Å². The van der Waals surface area contributed by atoms with Crippen molar-refractivity contribution >= 4 is 17.1 Å². The molecule has 4 nitrogen and oxygen atoms in total. The highest BCUT2D eigenvalue weighted by molar-refractivity contribution is 6.59. The number of piperidine rings is 2. The Bertz CT molecular complexity index is 1080. The van der Waals surface area contributed by atoms with Gasteiger partial charge >= 0.3 is 0 Å². The van der Waals surface area contributed by atoms with E-state index in [0.29, 0.717) is 17.1 Å². The normalized spacial score (nSPS) is 27.1. The third kappa shape index (κ3) is 4.67. The van der Waals surface area contributed by atoms with Gasteiger partial charge in [-0.15, -0.1) is 0 Å². The Morgan fingerprint density at radius 1 is 0.611 bits per heavy atom. The highest BCUT2D eigenvalue weighted by Gasteiger charge is 2.46. The molecule has 0 radical (unpaired) electrons. The third-order valence-electron chi connectivity index (χ3n) is 9.89. The molecule has 0 spiro atoms. The van der Waals surface area contributed by atoms with Gasteiger partial charge in [0.1, 0.15) is 0 Å². The molecule has 0 aromatic heterocycles. The fourth-order valence-corrected chi connectivity index (χ4v) is 7.26. The van der Waals surface area contributed by atoms with Gasteiger partial charge in [0, 0.05) is 33.3 Å². The van der Waals surface area contributed by atoms with E-state index in [4.69, 9.17) is 0 Å². The van der Waals surface area contributed by atoms with Crippen molar-refractivity contribution in [1.29, 1.82) is 0 Å². The maximum Gasteiger partial charge on any atom is 0.233 e. The van der Waals surface area contributed by atoms with Crippen LogP contribution in [-0.4, -0.2) is 57.6 Å². The zero-order chi connectivity index (χ0) is 26.8. The van der Waals surface area contributed by atoms with Crippen LogP contribution in [0.5, 0.6) is 0 Å². The molecule has 0 bridgehead atoms. The van der Waals surface area contributed by atoms with Crippen molar-refractivity contribution in [3.8, 4) is 0 Å². The summed E-state index contributed by atoms with van der Waals surface area (Å²) in [5.74, 6) is -0.118. The number of hydrogen-bond acceptors (Lipinski definition) is 4. The second-order valence-corrected chi connectivity index (χ2v) is 14.1. The molecular formula is C32H46N2O2. The van der Waals surface area contributed by atoms with Crippen LogP contribution in [-0.2, 0) is 9.59 Å². The van der Waals surface area contributed by atoms with Gasteiger partial charge < -0.3 is 0 Å². The van der Waals surface area contributed by atoms with Gasteiger partial charge in [0.05, 0.1) is 0 Å². The molecule has 1 aromatic carbocycles. The van der Waals surface area contributed by atoms with Gasteiger partial charge in [0.15, 0.2) is 0 Å². The largest absolute Gasteiger partial charge is 0.296 e. The van der Waals surface area contributed by atoms with E-state index in [1.807, 2.05) is 24.3 Å². The fraction of sp³-hybridized carbons (Fsp3) is 0.625. The Labute approximate surface area is 218 Å². The summed E-state index contributed by atoms with van der Waals surface area (Å²) in [6, 6.07) is 8.39. The number of hydrogen-bond donors (Lipinski definition) is 0. The molecule has 36 heavy (non-hydrogen) atoms. The summed E-state index contributed by atoms with van der Waals surface area (Å²) in [4.78, 5) is 31.5. The van der Waals surface area contributed by atoms with Gasteiger partial charge in [-0.05, 0) is 124 Å². The summed E-state index contributed by atoms with van der Waals surface area (Å²) in [6.45, 7) is 18.2. The molecule has 0 saturated carbocycles. The van der Waals surface area contributed by atoms with Crippen molar-refractivity contribution in [2.24, 2.45) is 5.92 Å². The maximum absolute atomic E-state index is 13.3. The van der Waals surface area contributed by atoms with Crippen LogP contribution in [0.15, 0.2) is 42.0 Å². The zero-order valence-corrected chi connectivity index (χ0v) is 24.2. The molecule has 2 saturated heterocycles. The first-order chi connectivity index (χ1) is 16.5. The number of likely N-dealkylation sites (tertiary alicyclic amines) is 2. The van der Waals surface area contributed by atoms with E-state index in [1.165, 1.54) is 5.56 Å². The molecular weight excluding hydrogens is 444 g/mol. The Hall–Kier alpha value is -2.04. The van der Waals surface area contributed by atoms with Crippen molar-refractivity contribution in [1.82, 2.24) is 9.80 Å². The molecule has 4 heteroatoms. The molecule has 0 amide bonds. The minimum absolute atomic E-state index is 0.0343. The Morgan fingerprint density at radius 3 is 1.47 bits per heavy atom. The second-order valence-electron chi connectivity index (χ2n) is 14.1. The van der Waals surface area contributed by atoms with Gasteiger partial charge in [0.2, 0.25) is 11.6 Å². The Balaban J connectivity index is 1.58. The Kier molecular flexibility index (Phi) is 6.58. The summed E-state index contributed by atoms with van der Waals surface area (Å²) in [5.41, 5.74) is 3.53. The zero-order valence-electron chi connectivity index (χ0n) is 24.2. The predicted octanol–water partition coefficient (Wildman–Crippen LogP) is 6.41. The first kappa shape index (κ1) is 27.0. The van der Waals surface area contributed by atoms with Crippen LogP contribution in [0, 0.1) is 5.92 Å².